The Morgan fingerprint density at radius 2 is 1.76 bits per heavy atom. The Bertz CT molecular complexity index is 850. The average Bonchev–Trinajstić information content (AvgIpc) is 2.64. The van der Waals surface area contributed by atoms with Gasteiger partial charge in [-0.2, -0.15) is 0 Å². The number of carbonyl (C=O) groups excluding carboxylic acids is 1. The van der Waals surface area contributed by atoms with Crippen LogP contribution in [0.1, 0.15) is 35.7 Å². The van der Waals surface area contributed by atoms with Crippen molar-refractivity contribution in [2.24, 2.45) is 0 Å². The van der Waals surface area contributed by atoms with Crippen molar-refractivity contribution < 1.29 is 13.2 Å². The van der Waals surface area contributed by atoms with Gasteiger partial charge in [-0.3, -0.25) is 4.79 Å². The summed E-state index contributed by atoms with van der Waals surface area (Å²) in [4.78, 5) is 12.8. The van der Waals surface area contributed by atoms with Gasteiger partial charge in [0.15, 0.2) is 5.78 Å². The molecule has 1 saturated heterocycles. The third-order valence-electron chi connectivity index (χ3n) is 4.53. The summed E-state index contributed by atoms with van der Waals surface area (Å²) in [5.74, 6) is -0.295. The van der Waals surface area contributed by atoms with Crippen molar-refractivity contribution in [2.45, 2.75) is 36.7 Å². The smallest absolute Gasteiger partial charge is 0.241 e. The van der Waals surface area contributed by atoms with Crippen LogP contribution in [0.15, 0.2) is 59.5 Å². The Kier molecular flexibility index (Phi) is 5.32. The Morgan fingerprint density at radius 3 is 2.48 bits per heavy atom. The lowest BCUT2D eigenvalue weighted by atomic mass is 10.0. The number of hydrogen-bond acceptors (Lipinski definition) is 4. The molecule has 25 heavy (non-hydrogen) atoms. The standard InChI is InChI=1S/C19H22N2O3S/c1-14-17(11-7-13-20-14)21-25(23,24)18-12-6-5-10-16(18)19(22)15-8-3-2-4-9-15/h2-6,8-10,12,14,17,20-21H,7,11,13H2,1H3. The second kappa shape index (κ2) is 7.47. The van der Waals surface area contributed by atoms with Gasteiger partial charge in [-0.25, -0.2) is 13.1 Å². The van der Waals surface area contributed by atoms with E-state index in [2.05, 4.69) is 10.0 Å². The van der Waals surface area contributed by atoms with E-state index in [-0.39, 0.29) is 28.3 Å². The van der Waals surface area contributed by atoms with E-state index in [1.165, 1.54) is 6.07 Å². The molecule has 132 valence electrons. The zero-order valence-corrected chi connectivity index (χ0v) is 14.9. The summed E-state index contributed by atoms with van der Waals surface area (Å²) < 4.78 is 28.6. The van der Waals surface area contributed by atoms with Gasteiger partial charge >= 0.3 is 0 Å². The van der Waals surface area contributed by atoms with Gasteiger partial charge in [0.25, 0.3) is 0 Å². The third kappa shape index (κ3) is 3.98. The summed E-state index contributed by atoms with van der Waals surface area (Å²) in [7, 11) is -3.79. The van der Waals surface area contributed by atoms with E-state index in [1.807, 2.05) is 13.0 Å². The number of benzene rings is 2. The first-order valence-corrected chi connectivity index (χ1v) is 9.92. The van der Waals surface area contributed by atoms with E-state index < -0.39 is 10.0 Å². The van der Waals surface area contributed by atoms with Crippen molar-refractivity contribution in [3.63, 3.8) is 0 Å². The Balaban J connectivity index is 1.93. The van der Waals surface area contributed by atoms with Crippen molar-refractivity contribution >= 4 is 15.8 Å². The molecule has 1 heterocycles. The van der Waals surface area contributed by atoms with Crippen molar-refractivity contribution in [3.8, 4) is 0 Å². The normalized spacial score (nSPS) is 21.0. The first-order valence-electron chi connectivity index (χ1n) is 8.43. The molecule has 2 aromatic rings. The molecule has 0 aliphatic carbocycles. The minimum atomic E-state index is -3.79. The van der Waals surface area contributed by atoms with Gasteiger partial charge in [0.1, 0.15) is 0 Å². The van der Waals surface area contributed by atoms with Crippen LogP contribution in [-0.4, -0.2) is 32.8 Å². The Morgan fingerprint density at radius 1 is 1.08 bits per heavy atom. The Hall–Kier alpha value is -2.02. The predicted octanol–water partition coefficient (Wildman–Crippen LogP) is 2.34. The van der Waals surface area contributed by atoms with Crippen LogP contribution in [0.3, 0.4) is 0 Å². The van der Waals surface area contributed by atoms with E-state index >= 15 is 0 Å². The highest BCUT2D eigenvalue weighted by Crippen LogP contribution is 2.21. The van der Waals surface area contributed by atoms with Crippen LogP contribution in [0, 0.1) is 0 Å². The molecular weight excluding hydrogens is 336 g/mol. The molecule has 0 spiro atoms. The number of nitrogens with one attached hydrogen (secondary N) is 2. The lowest BCUT2D eigenvalue weighted by Crippen LogP contribution is -2.51. The van der Waals surface area contributed by atoms with Gasteiger partial charge in [0.2, 0.25) is 10.0 Å². The fourth-order valence-corrected chi connectivity index (χ4v) is 4.66. The quantitative estimate of drug-likeness (QED) is 0.805. The van der Waals surface area contributed by atoms with Crippen LogP contribution < -0.4 is 10.0 Å². The van der Waals surface area contributed by atoms with Crippen LogP contribution in [-0.2, 0) is 10.0 Å². The first-order chi connectivity index (χ1) is 12.0. The fourth-order valence-electron chi connectivity index (χ4n) is 3.10. The van der Waals surface area contributed by atoms with E-state index in [9.17, 15) is 13.2 Å². The van der Waals surface area contributed by atoms with Gasteiger partial charge in [-0.05, 0) is 38.4 Å². The lowest BCUT2D eigenvalue weighted by molar-refractivity contribution is 0.103. The molecule has 1 aliphatic rings. The summed E-state index contributed by atoms with van der Waals surface area (Å²) in [5, 5.41) is 3.28. The van der Waals surface area contributed by atoms with Crippen molar-refractivity contribution in [2.75, 3.05) is 6.54 Å². The summed E-state index contributed by atoms with van der Waals surface area (Å²) >= 11 is 0. The second-order valence-corrected chi connectivity index (χ2v) is 7.99. The molecule has 2 N–H and O–H groups in total. The zero-order valence-electron chi connectivity index (χ0n) is 14.1. The highest BCUT2D eigenvalue weighted by molar-refractivity contribution is 7.89. The molecule has 6 heteroatoms. The second-order valence-electron chi connectivity index (χ2n) is 6.30. The molecule has 2 unspecified atom stereocenters. The predicted molar refractivity (Wildman–Crippen MR) is 97.1 cm³/mol. The largest absolute Gasteiger partial charge is 0.313 e. The molecule has 0 aromatic heterocycles. The number of hydrogen-bond donors (Lipinski definition) is 2. The number of sulfonamides is 1. The maximum Gasteiger partial charge on any atom is 0.241 e. The highest BCUT2D eigenvalue weighted by Gasteiger charge is 2.29. The molecule has 0 bridgehead atoms. The molecular formula is C19H22N2O3S. The van der Waals surface area contributed by atoms with E-state index in [0.717, 1.165) is 19.4 Å². The summed E-state index contributed by atoms with van der Waals surface area (Å²) in [5.41, 5.74) is 0.662. The van der Waals surface area contributed by atoms with Crippen LogP contribution in [0.25, 0.3) is 0 Å². The zero-order chi connectivity index (χ0) is 17.9. The van der Waals surface area contributed by atoms with Crippen LogP contribution in [0.5, 0.6) is 0 Å². The number of ketones is 1. The molecule has 0 amide bonds. The summed E-state index contributed by atoms with van der Waals surface area (Å²) in [6, 6.07) is 15.0. The van der Waals surface area contributed by atoms with Gasteiger partial charge in [-0.15, -0.1) is 0 Å². The van der Waals surface area contributed by atoms with Crippen molar-refractivity contribution in [1.82, 2.24) is 10.0 Å². The van der Waals surface area contributed by atoms with Gasteiger partial charge in [0, 0.05) is 23.2 Å². The van der Waals surface area contributed by atoms with Crippen LogP contribution in [0.2, 0.25) is 0 Å². The van der Waals surface area contributed by atoms with E-state index in [1.54, 1.807) is 42.5 Å². The number of carbonyl (C=O) groups is 1. The topological polar surface area (TPSA) is 75.3 Å². The molecule has 1 aliphatic heterocycles. The van der Waals surface area contributed by atoms with Gasteiger partial charge < -0.3 is 5.32 Å². The van der Waals surface area contributed by atoms with Crippen molar-refractivity contribution in [1.29, 1.82) is 0 Å². The lowest BCUT2D eigenvalue weighted by Gasteiger charge is -2.30. The first kappa shape index (κ1) is 17.8. The van der Waals surface area contributed by atoms with Gasteiger partial charge in [-0.1, -0.05) is 42.5 Å². The van der Waals surface area contributed by atoms with Crippen LogP contribution in [0.4, 0.5) is 0 Å². The molecule has 2 aromatic carbocycles. The maximum atomic E-state index is 12.9. The minimum absolute atomic E-state index is 0.0293. The van der Waals surface area contributed by atoms with Gasteiger partial charge in [0.05, 0.1) is 4.90 Å². The highest BCUT2D eigenvalue weighted by atomic mass is 32.2. The van der Waals surface area contributed by atoms with Crippen molar-refractivity contribution in [3.05, 3.63) is 65.7 Å². The van der Waals surface area contributed by atoms with E-state index in [4.69, 9.17) is 0 Å². The third-order valence-corrected chi connectivity index (χ3v) is 6.07. The fraction of sp³-hybridized carbons (Fsp3) is 0.316. The molecule has 0 saturated carbocycles. The molecule has 2 atom stereocenters. The molecule has 5 nitrogen and oxygen atoms in total. The van der Waals surface area contributed by atoms with Crippen LogP contribution >= 0.6 is 0 Å². The van der Waals surface area contributed by atoms with E-state index in [0.29, 0.717) is 5.56 Å². The monoisotopic (exact) mass is 358 g/mol. The molecule has 1 fully saturated rings. The Labute approximate surface area is 148 Å². The summed E-state index contributed by atoms with van der Waals surface area (Å²) in [6.45, 7) is 2.86. The summed E-state index contributed by atoms with van der Waals surface area (Å²) in [6.07, 6.45) is 1.70. The number of rotatable bonds is 5. The average molecular weight is 358 g/mol. The minimum Gasteiger partial charge on any atom is -0.313 e. The SMILES string of the molecule is CC1NCCCC1NS(=O)(=O)c1ccccc1C(=O)c1ccccc1. The molecule has 3 rings (SSSR count). The number of piperidine rings is 1. The molecule has 0 radical (unpaired) electrons. The maximum absolute atomic E-state index is 12.9.